The van der Waals surface area contributed by atoms with Crippen LogP contribution in [0.4, 0.5) is 14.9 Å². The van der Waals surface area contributed by atoms with E-state index in [4.69, 9.17) is 13.9 Å². The van der Waals surface area contributed by atoms with Gasteiger partial charge in [0.15, 0.2) is 0 Å². The summed E-state index contributed by atoms with van der Waals surface area (Å²) in [6.45, 7) is 2.57. The molecule has 1 heterocycles. The van der Waals surface area contributed by atoms with E-state index in [1.54, 1.807) is 54.5 Å². The van der Waals surface area contributed by atoms with Gasteiger partial charge in [-0.3, -0.25) is 4.79 Å². The first kappa shape index (κ1) is 25.8. The zero-order valence-corrected chi connectivity index (χ0v) is 20.1. The summed E-state index contributed by atoms with van der Waals surface area (Å²) in [5.41, 5.74) is 1.33. The number of carbonyl (C=O) groups excluding carboxylic acids is 2. The first-order valence-electron chi connectivity index (χ1n) is 11.1. The number of anilines is 1. The van der Waals surface area contributed by atoms with Crippen molar-refractivity contribution in [2.75, 3.05) is 39.2 Å². The van der Waals surface area contributed by atoms with Crippen LogP contribution < -0.4 is 10.1 Å². The molecular formula is C26H30FN3O5. The first-order chi connectivity index (χ1) is 16.9. The van der Waals surface area contributed by atoms with E-state index < -0.39 is 6.03 Å². The number of nitrogens with zero attached hydrogens (tertiary/aromatic N) is 2. The van der Waals surface area contributed by atoms with Crippen molar-refractivity contribution in [3.05, 3.63) is 83.6 Å². The highest BCUT2D eigenvalue weighted by Crippen LogP contribution is 2.17. The lowest BCUT2D eigenvalue weighted by Gasteiger charge is -2.27. The van der Waals surface area contributed by atoms with Crippen molar-refractivity contribution in [2.45, 2.75) is 20.0 Å². The van der Waals surface area contributed by atoms with Crippen LogP contribution in [0.1, 0.15) is 17.1 Å². The fraction of sp³-hybridized carbons (Fsp3) is 0.308. The van der Waals surface area contributed by atoms with Gasteiger partial charge in [0.05, 0.1) is 20.3 Å². The number of rotatable bonds is 11. The molecule has 8 nitrogen and oxygen atoms in total. The number of urea groups is 1. The molecule has 0 fully saturated rings. The van der Waals surface area contributed by atoms with E-state index in [0.29, 0.717) is 17.2 Å². The fourth-order valence-corrected chi connectivity index (χ4v) is 3.39. The predicted octanol–water partition coefficient (Wildman–Crippen LogP) is 4.45. The minimum absolute atomic E-state index is 0.174. The molecule has 3 amide bonds. The standard InChI is InChI=1S/C26H30FN3O5/c1-19-4-11-24(35-19)17-30(16-20-5-7-21(27)8-6-20)25(31)18-29(14-15-33-2)26(32)28-22-9-12-23(34-3)13-10-22/h4-13H,14-18H2,1-3H3,(H,28,32). The van der Waals surface area contributed by atoms with Crippen molar-refractivity contribution >= 4 is 17.6 Å². The van der Waals surface area contributed by atoms with Crippen molar-refractivity contribution in [2.24, 2.45) is 0 Å². The Morgan fingerprint density at radius 2 is 1.66 bits per heavy atom. The van der Waals surface area contributed by atoms with Gasteiger partial charge in [-0.2, -0.15) is 0 Å². The zero-order valence-electron chi connectivity index (χ0n) is 20.1. The number of nitrogens with one attached hydrogen (secondary N) is 1. The van der Waals surface area contributed by atoms with Crippen molar-refractivity contribution in [3.8, 4) is 5.75 Å². The topological polar surface area (TPSA) is 84.2 Å². The number of hydrogen-bond acceptors (Lipinski definition) is 5. The Labute approximate surface area is 204 Å². The number of furan rings is 1. The molecule has 0 unspecified atom stereocenters. The lowest BCUT2D eigenvalue weighted by molar-refractivity contribution is -0.133. The molecule has 3 rings (SSSR count). The smallest absolute Gasteiger partial charge is 0.322 e. The van der Waals surface area contributed by atoms with Gasteiger partial charge in [-0.1, -0.05) is 12.1 Å². The lowest BCUT2D eigenvalue weighted by Crippen LogP contribution is -2.45. The molecule has 0 aliphatic heterocycles. The van der Waals surface area contributed by atoms with Crippen LogP contribution in [0, 0.1) is 12.7 Å². The molecule has 35 heavy (non-hydrogen) atoms. The Morgan fingerprint density at radius 1 is 0.943 bits per heavy atom. The Balaban J connectivity index is 1.74. The van der Waals surface area contributed by atoms with Crippen molar-refractivity contribution in [1.29, 1.82) is 0 Å². The Bertz CT molecular complexity index is 1100. The summed E-state index contributed by atoms with van der Waals surface area (Å²) >= 11 is 0. The number of methoxy groups -OCH3 is 2. The lowest BCUT2D eigenvalue weighted by atomic mass is 10.2. The third kappa shape index (κ3) is 7.86. The number of ether oxygens (including phenoxy) is 2. The maximum Gasteiger partial charge on any atom is 0.322 e. The number of benzene rings is 2. The number of carbonyl (C=O) groups is 2. The summed E-state index contributed by atoms with van der Waals surface area (Å²) in [4.78, 5) is 29.3. The largest absolute Gasteiger partial charge is 0.497 e. The van der Waals surface area contributed by atoms with E-state index in [0.717, 1.165) is 11.3 Å². The fourth-order valence-electron chi connectivity index (χ4n) is 3.39. The Morgan fingerprint density at radius 3 is 2.26 bits per heavy atom. The van der Waals surface area contributed by atoms with Gasteiger partial charge in [0.2, 0.25) is 5.91 Å². The Hall–Kier alpha value is -3.85. The highest BCUT2D eigenvalue weighted by molar-refractivity contribution is 5.92. The SMILES string of the molecule is COCCN(CC(=O)N(Cc1ccc(F)cc1)Cc1ccc(C)o1)C(=O)Nc1ccc(OC)cc1. The molecule has 2 aromatic carbocycles. The van der Waals surface area contributed by atoms with Crippen molar-refractivity contribution in [3.63, 3.8) is 0 Å². The third-order valence-corrected chi connectivity index (χ3v) is 5.30. The van der Waals surface area contributed by atoms with Crippen molar-refractivity contribution in [1.82, 2.24) is 9.80 Å². The van der Waals surface area contributed by atoms with Crippen LogP contribution in [0.5, 0.6) is 5.75 Å². The van der Waals surface area contributed by atoms with Gasteiger partial charge in [0.25, 0.3) is 0 Å². The highest BCUT2D eigenvalue weighted by Gasteiger charge is 2.23. The minimum Gasteiger partial charge on any atom is -0.497 e. The molecule has 0 aliphatic rings. The van der Waals surface area contributed by atoms with Gasteiger partial charge in [0, 0.05) is 25.9 Å². The van der Waals surface area contributed by atoms with Gasteiger partial charge in [-0.25, -0.2) is 9.18 Å². The first-order valence-corrected chi connectivity index (χ1v) is 11.1. The van der Waals surface area contributed by atoms with Crippen LogP contribution in [0.25, 0.3) is 0 Å². The molecule has 0 radical (unpaired) electrons. The molecule has 1 N–H and O–H groups in total. The third-order valence-electron chi connectivity index (χ3n) is 5.30. The molecule has 0 saturated heterocycles. The normalized spacial score (nSPS) is 10.6. The van der Waals surface area contributed by atoms with Crippen LogP contribution in [0.15, 0.2) is 65.1 Å². The van der Waals surface area contributed by atoms with E-state index >= 15 is 0 Å². The molecule has 0 atom stereocenters. The summed E-state index contributed by atoms with van der Waals surface area (Å²) in [7, 11) is 3.09. The summed E-state index contributed by atoms with van der Waals surface area (Å²) < 4.78 is 29.3. The summed E-state index contributed by atoms with van der Waals surface area (Å²) in [6, 6.07) is 16.0. The van der Waals surface area contributed by atoms with Crippen molar-refractivity contribution < 1.29 is 27.9 Å². The maximum atomic E-state index is 13.4. The highest BCUT2D eigenvalue weighted by atomic mass is 19.1. The van der Waals surface area contributed by atoms with Gasteiger partial charge in [-0.15, -0.1) is 0 Å². The van der Waals surface area contributed by atoms with Crippen LogP contribution in [-0.4, -0.2) is 55.7 Å². The van der Waals surface area contributed by atoms with E-state index in [1.807, 2.05) is 13.0 Å². The van der Waals surface area contributed by atoms with Gasteiger partial charge in [0.1, 0.15) is 29.6 Å². The van der Waals surface area contributed by atoms with Crippen LogP contribution in [0.3, 0.4) is 0 Å². The number of hydrogen-bond donors (Lipinski definition) is 1. The number of amides is 3. The average Bonchev–Trinajstić information content (AvgIpc) is 3.27. The molecule has 9 heteroatoms. The van der Waals surface area contributed by atoms with E-state index in [-0.39, 0.29) is 44.5 Å². The molecule has 3 aromatic rings. The monoisotopic (exact) mass is 483 g/mol. The van der Waals surface area contributed by atoms with E-state index in [2.05, 4.69) is 5.32 Å². The second kappa shape index (κ2) is 12.6. The molecule has 1 aromatic heterocycles. The molecule has 0 spiro atoms. The Kier molecular flexibility index (Phi) is 9.25. The van der Waals surface area contributed by atoms with Gasteiger partial charge >= 0.3 is 6.03 Å². The average molecular weight is 484 g/mol. The molecular weight excluding hydrogens is 453 g/mol. The number of aryl methyl sites for hydroxylation is 1. The molecule has 0 saturated carbocycles. The second-order valence-electron chi connectivity index (χ2n) is 7.96. The van der Waals surface area contributed by atoms with Gasteiger partial charge in [-0.05, 0) is 61.0 Å². The van der Waals surface area contributed by atoms with Crippen LogP contribution in [-0.2, 0) is 22.6 Å². The quantitative estimate of drug-likeness (QED) is 0.436. The summed E-state index contributed by atoms with van der Waals surface area (Å²) in [5, 5.41) is 2.80. The minimum atomic E-state index is -0.434. The van der Waals surface area contributed by atoms with E-state index in [9.17, 15) is 14.0 Å². The maximum absolute atomic E-state index is 13.4. The molecule has 0 aliphatic carbocycles. The number of halogens is 1. The van der Waals surface area contributed by atoms with E-state index in [1.165, 1.54) is 24.1 Å². The molecule has 186 valence electrons. The predicted molar refractivity (Wildman–Crippen MR) is 130 cm³/mol. The van der Waals surface area contributed by atoms with Gasteiger partial charge < -0.3 is 29.0 Å². The van der Waals surface area contributed by atoms with Crippen LogP contribution in [0.2, 0.25) is 0 Å². The second-order valence-corrected chi connectivity index (χ2v) is 7.96. The van der Waals surface area contributed by atoms with Crippen LogP contribution >= 0.6 is 0 Å². The molecule has 0 bridgehead atoms. The zero-order chi connectivity index (χ0) is 25.2. The summed E-state index contributed by atoms with van der Waals surface area (Å²) in [5.74, 6) is 1.37. The summed E-state index contributed by atoms with van der Waals surface area (Å²) in [6.07, 6.45) is 0.